The van der Waals surface area contributed by atoms with Crippen LogP contribution in [0.2, 0.25) is 0 Å². The minimum atomic E-state index is -0.464. The third-order valence-electron chi connectivity index (χ3n) is 5.20. The van der Waals surface area contributed by atoms with E-state index in [1.165, 1.54) is 20.5 Å². The lowest BCUT2D eigenvalue weighted by atomic mass is 10.1. The number of thiophene rings is 1. The summed E-state index contributed by atoms with van der Waals surface area (Å²) < 4.78 is 8.03. The number of carbonyl (C=O) groups excluding carboxylic acids is 1. The molecule has 0 radical (unpaired) electrons. The van der Waals surface area contributed by atoms with Crippen LogP contribution in [0.25, 0.3) is 11.5 Å². The van der Waals surface area contributed by atoms with E-state index in [9.17, 15) is 9.59 Å². The Balaban J connectivity index is 1.66. The molecule has 0 bridgehead atoms. The first kappa shape index (κ1) is 20.8. The van der Waals surface area contributed by atoms with Crippen LogP contribution < -0.4 is 10.3 Å². The summed E-state index contributed by atoms with van der Waals surface area (Å²) in [4.78, 5) is 30.9. The lowest BCUT2D eigenvalue weighted by molar-refractivity contribution is 0.103. The average Bonchev–Trinajstić information content (AvgIpc) is 3.49. The summed E-state index contributed by atoms with van der Waals surface area (Å²) >= 11 is 1.32. The molecule has 0 aliphatic carbocycles. The number of ketones is 1. The average molecular weight is 458 g/mol. The van der Waals surface area contributed by atoms with E-state index in [1.54, 1.807) is 19.2 Å². The second kappa shape index (κ2) is 8.44. The molecular weight excluding hydrogens is 438 g/mol. The molecule has 0 aliphatic heterocycles. The molecule has 2 aromatic carbocycles. The van der Waals surface area contributed by atoms with Gasteiger partial charge in [0.1, 0.15) is 11.4 Å². The summed E-state index contributed by atoms with van der Waals surface area (Å²) in [5.74, 6) is 0.716. The largest absolute Gasteiger partial charge is 0.497 e. The number of carbonyl (C=O) groups is 1. The Bertz CT molecular complexity index is 1500. The Kier molecular flexibility index (Phi) is 5.31. The quantitative estimate of drug-likeness (QED) is 0.363. The zero-order valence-electron chi connectivity index (χ0n) is 17.9. The van der Waals surface area contributed by atoms with Crippen LogP contribution >= 0.6 is 11.3 Å². The van der Waals surface area contributed by atoms with Gasteiger partial charge in [0, 0.05) is 6.42 Å². The van der Waals surface area contributed by atoms with Gasteiger partial charge in [0.05, 0.1) is 17.7 Å². The van der Waals surface area contributed by atoms with Crippen LogP contribution in [0.5, 0.6) is 5.75 Å². The summed E-state index contributed by atoms with van der Waals surface area (Å²) in [6.45, 7) is 1.98. The minimum absolute atomic E-state index is 0.0940. The van der Waals surface area contributed by atoms with Crippen LogP contribution in [0.3, 0.4) is 0 Å². The van der Waals surface area contributed by atoms with Gasteiger partial charge in [0.15, 0.2) is 0 Å². The van der Waals surface area contributed by atoms with Crippen molar-refractivity contribution >= 4 is 22.9 Å². The number of ether oxygens (including phenoxy) is 1. The molecule has 33 heavy (non-hydrogen) atoms. The molecule has 0 spiro atoms. The smallest absolute Gasteiger partial charge is 0.296 e. The molecule has 0 N–H and O–H groups in total. The first-order valence-electron chi connectivity index (χ1n) is 10.2. The second-order valence-electron chi connectivity index (χ2n) is 7.48. The van der Waals surface area contributed by atoms with Crippen molar-refractivity contribution in [2.45, 2.75) is 13.3 Å². The predicted octanol–water partition coefficient (Wildman–Crippen LogP) is 3.48. The maximum absolute atomic E-state index is 13.2. The van der Waals surface area contributed by atoms with E-state index in [1.807, 2.05) is 60.8 Å². The van der Waals surface area contributed by atoms with Gasteiger partial charge in [-0.2, -0.15) is 19.3 Å². The number of nitrogens with zero attached hydrogens (tertiary/aromatic N) is 5. The maximum Gasteiger partial charge on any atom is 0.296 e. The van der Waals surface area contributed by atoms with Gasteiger partial charge in [-0.3, -0.25) is 9.59 Å². The van der Waals surface area contributed by atoms with Crippen molar-refractivity contribution in [3.8, 4) is 11.4 Å². The summed E-state index contributed by atoms with van der Waals surface area (Å²) in [6.07, 6.45) is 0.265. The lowest BCUT2D eigenvalue weighted by Crippen LogP contribution is -2.21. The van der Waals surface area contributed by atoms with Gasteiger partial charge in [0.2, 0.25) is 11.6 Å². The summed E-state index contributed by atoms with van der Waals surface area (Å²) in [5, 5.41) is 10.9. The first-order valence-corrected chi connectivity index (χ1v) is 11.1. The van der Waals surface area contributed by atoms with Crippen molar-refractivity contribution in [3.63, 3.8) is 0 Å². The van der Waals surface area contributed by atoms with Gasteiger partial charge < -0.3 is 4.74 Å². The number of hydrogen-bond acceptors (Lipinski definition) is 7. The Hall–Kier alpha value is -4.11. The molecular formula is C24H19N5O3S. The SMILES string of the molecule is COc1ccc(Cc2nn3c(C(=O)c4cccs4)nn(-c4ccc(C)cc4)c3nc2=O)cc1. The molecule has 5 aromatic rings. The van der Waals surface area contributed by atoms with E-state index >= 15 is 0 Å². The third kappa shape index (κ3) is 3.94. The normalized spacial score (nSPS) is 11.1. The van der Waals surface area contributed by atoms with Crippen molar-refractivity contribution < 1.29 is 9.53 Å². The molecule has 0 saturated heterocycles. The monoisotopic (exact) mass is 457 g/mol. The number of benzene rings is 2. The fourth-order valence-electron chi connectivity index (χ4n) is 3.44. The van der Waals surface area contributed by atoms with Crippen molar-refractivity contribution in [1.82, 2.24) is 24.4 Å². The van der Waals surface area contributed by atoms with E-state index in [0.29, 0.717) is 10.6 Å². The van der Waals surface area contributed by atoms with E-state index in [0.717, 1.165) is 16.9 Å². The Morgan fingerprint density at radius 1 is 1.03 bits per heavy atom. The number of aryl methyl sites for hydroxylation is 1. The van der Waals surface area contributed by atoms with Crippen molar-refractivity contribution in [2.75, 3.05) is 7.11 Å². The highest BCUT2D eigenvalue weighted by Crippen LogP contribution is 2.18. The van der Waals surface area contributed by atoms with Crippen molar-refractivity contribution in [3.05, 3.63) is 104 Å². The van der Waals surface area contributed by atoms with Crippen LogP contribution in [0.1, 0.15) is 32.3 Å². The zero-order valence-corrected chi connectivity index (χ0v) is 18.7. The molecule has 3 heterocycles. The van der Waals surface area contributed by atoms with Crippen LogP contribution in [-0.2, 0) is 6.42 Å². The van der Waals surface area contributed by atoms with Crippen LogP contribution in [0.4, 0.5) is 0 Å². The number of fused-ring (bicyclic) bond motifs is 1. The summed E-state index contributed by atoms with van der Waals surface area (Å²) in [6, 6.07) is 18.5. The van der Waals surface area contributed by atoms with E-state index in [-0.39, 0.29) is 29.5 Å². The van der Waals surface area contributed by atoms with Crippen molar-refractivity contribution in [1.29, 1.82) is 0 Å². The highest BCUT2D eigenvalue weighted by atomic mass is 32.1. The highest BCUT2D eigenvalue weighted by Gasteiger charge is 2.23. The number of aromatic nitrogens is 5. The Labute approximate surface area is 192 Å². The minimum Gasteiger partial charge on any atom is -0.497 e. The summed E-state index contributed by atoms with van der Waals surface area (Å²) in [7, 11) is 1.60. The zero-order chi connectivity index (χ0) is 22.9. The van der Waals surface area contributed by atoms with E-state index in [2.05, 4.69) is 15.2 Å². The van der Waals surface area contributed by atoms with Gasteiger partial charge in [0.25, 0.3) is 11.3 Å². The molecule has 0 fully saturated rings. The molecule has 9 heteroatoms. The molecule has 0 aliphatic rings. The Morgan fingerprint density at radius 2 is 1.79 bits per heavy atom. The van der Waals surface area contributed by atoms with Gasteiger partial charge in [-0.1, -0.05) is 35.9 Å². The van der Waals surface area contributed by atoms with Gasteiger partial charge >= 0.3 is 0 Å². The van der Waals surface area contributed by atoms with Crippen molar-refractivity contribution in [2.24, 2.45) is 0 Å². The maximum atomic E-state index is 13.2. The van der Waals surface area contributed by atoms with Crippen LogP contribution in [0, 0.1) is 6.92 Å². The fraction of sp³-hybridized carbons (Fsp3) is 0.125. The molecule has 5 rings (SSSR count). The second-order valence-corrected chi connectivity index (χ2v) is 8.43. The molecule has 164 valence electrons. The summed E-state index contributed by atoms with van der Waals surface area (Å²) in [5.41, 5.74) is 2.39. The van der Waals surface area contributed by atoms with Gasteiger partial charge in [-0.05, 0) is 48.2 Å². The molecule has 0 unspecified atom stereocenters. The van der Waals surface area contributed by atoms with Gasteiger partial charge in [-0.15, -0.1) is 16.4 Å². The third-order valence-corrected chi connectivity index (χ3v) is 6.07. The predicted molar refractivity (Wildman–Crippen MR) is 125 cm³/mol. The highest BCUT2D eigenvalue weighted by molar-refractivity contribution is 7.12. The van der Waals surface area contributed by atoms with Crippen LogP contribution in [-0.4, -0.2) is 37.3 Å². The first-order chi connectivity index (χ1) is 16.0. The molecule has 8 nitrogen and oxygen atoms in total. The van der Waals surface area contributed by atoms with Gasteiger partial charge in [-0.25, -0.2) is 0 Å². The number of hydrogen-bond donors (Lipinski definition) is 0. The van der Waals surface area contributed by atoms with E-state index in [4.69, 9.17) is 4.74 Å². The van der Waals surface area contributed by atoms with Crippen LogP contribution in [0.15, 0.2) is 70.8 Å². The fourth-order valence-corrected chi connectivity index (χ4v) is 4.10. The Morgan fingerprint density at radius 3 is 2.45 bits per heavy atom. The lowest BCUT2D eigenvalue weighted by Gasteiger charge is -2.05. The molecule has 0 amide bonds. The van der Waals surface area contributed by atoms with E-state index < -0.39 is 5.56 Å². The number of rotatable bonds is 6. The topological polar surface area (TPSA) is 91.4 Å². The number of methoxy groups -OCH3 is 1. The molecule has 0 saturated carbocycles. The molecule has 3 aromatic heterocycles. The standard InChI is InChI=1S/C24H19N5O3S/c1-15-5-9-17(10-6-15)28-24-25-23(31)19(14-16-7-11-18(32-2)12-8-16)26-29(24)22(27-28)21(30)20-4-3-13-33-20/h3-13H,14H2,1-2H3. The molecule has 0 atom stereocenters.